The Morgan fingerprint density at radius 2 is 2.33 bits per heavy atom. The minimum Gasteiger partial charge on any atom is -0.393 e. The van der Waals surface area contributed by atoms with Crippen molar-refractivity contribution >= 4 is 17.5 Å². The summed E-state index contributed by atoms with van der Waals surface area (Å²) in [6, 6.07) is 0. The quantitative estimate of drug-likeness (QED) is 0.579. The fourth-order valence-corrected chi connectivity index (χ4v) is 2.13. The first-order valence-corrected chi connectivity index (χ1v) is 6.20. The van der Waals surface area contributed by atoms with Gasteiger partial charge in [-0.2, -0.15) is 0 Å². The van der Waals surface area contributed by atoms with E-state index < -0.39 is 0 Å². The van der Waals surface area contributed by atoms with Gasteiger partial charge in [-0.15, -0.1) is 11.6 Å². The first-order chi connectivity index (χ1) is 7.15. The standard InChI is InChI=1S/C11H20ClNO2/c1-9(14)10-5-7-13(8-10)11(15)4-2-3-6-12/h9-10,14H,2-8H2,1H3. The third-order valence-electron chi connectivity index (χ3n) is 3.03. The SMILES string of the molecule is CC(O)C1CCN(C(=O)CCCCCl)C1. The average molecular weight is 234 g/mol. The first-order valence-electron chi connectivity index (χ1n) is 5.67. The Bertz CT molecular complexity index is 209. The van der Waals surface area contributed by atoms with Crippen LogP contribution in [0.2, 0.25) is 0 Å². The maximum absolute atomic E-state index is 11.7. The maximum atomic E-state index is 11.7. The van der Waals surface area contributed by atoms with Gasteiger partial charge >= 0.3 is 0 Å². The van der Waals surface area contributed by atoms with Crippen LogP contribution in [0.5, 0.6) is 0 Å². The summed E-state index contributed by atoms with van der Waals surface area (Å²) >= 11 is 5.55. The lowest BCUT2D eigenvalue weighted by molar-refractivity contribution is -0.130. The van der Waals surface area contributed by atoms with Crippen LogP contribution in [-0.4, -0.2) is 41.0 Å². The second-order valence-corrected chi connectivity index (χ2v) is 4.65. The number of hydrogen-bond acceptors (Lipinski definition) is 2. The number of nitrogens with zero attached hydrogens (tertiary/aromatic N) is 1. The van der Waals surface area contributed by atoms with Crippen molar-refractivity contribution in [2.24, 2.45) is 5.92 Å². The Labute approximate surface area is 96.4 Å². The molecule has 0 radical (unpaired) electrons. The minimum atomic E-state index is -0.300. The normalized spacial score (nSPS) is 23.1. The molecule has 0 aromatic rings. The number of aliphatic hydroxyl groups is 1. The summed E-state index contributed by atoms with van der Waals surface area (Å²) in [7, 11) is 0. The number of carbonyl (C=O) groups excluding carboxylic acids is 1. The summed E-state index contributed by atoms with van der Waals surface area (Å²) in [6.45, 7) is 3.32. The zero-order chi connectivity index (χ0) is 11.3. The lowest BCUT2D eigenvalue weighted by atomic mass is 10.0. The second-order valence-electron chi connectivity index (χ2n) is 4.28. The first kappa shape index (κ1) is 12.8. The van der Waals surface area contributed by atoms with Gasteiger partial charge in [-0.05, 0) is 26.2 Å². The summed E-state index contributed by atoms with van der Waals surface area (Å²) in [5.41, 5.74) is 0. The highest BCUT2D eigenvalue weighted by Gasteiger charge is 2.28. The fraction of sp³-hybridized carbons (Fsp3) is 0.909. The molecule has 0 saturated carbocycles. The van der Waals surface area contributed by atoms with Crippen LogP contribution in [0, 0.1) is 5.92 Å². The molecule has 15 heavy (non-hydrogen) atoms. The number of unbranched alkanes of at least 4 members (excludes halogenated alkanes) is 1. The van der Waals surface area contributed by atoms with Crippen molar-refractivity contribution in [2.45, 2.75) is 38.7 Å². The molecule has 2 atom stereocenters. The highest BCUT2D eigenvalue weighted by molar-refractivity contribution is 6.17. The predicted molar refractivity (Wildman–Crippen MR) is 60.9 cm³/mol. The summed E-state index contributed by atoms with van der Waals surface area (Å²) in [4.78, 5) is 13.6. The van der Waals surface area contributed by atoms with Crippen LogP contribution in [-0.2, 0) is 4.79 Å². The number of rotatable bonds is 5. The number of likely N-dealkylation sites (tertiary alicyclic amines) is 1. The molecule has 0 spiro atoms. The number of amides is 1. The van der Waals surface area contributed by atoms with Gasteiger partial charge in [-0.25, -0.2) is 0 Å². The highest BCUT2D eigenvalue weighted by Crippen LogP contribution is 2.20. The van der Waals surface area contributed by atoms with Gasteiger partial charge in [0.2, 0.25) is 5.91 Å². The largest absolute Gasteiger partial charge is 0.393 e. The summed E-state index contributed by atoms with van der Waals surface area (Å²) in [5.74, 6) is 1.11. The number of carbonyl (C=O) groups is 1. The molecule has 1 aliphatic heterocycles. The van der Waals surface area contributed by atoms with Crippen molar-refractivity contribution in [1.82, 2.24) is 4.90 Å². The number of aliphatic hydroxyl groups excluding tert-OH is 1. The summed E-state index contributed by atoms with van der Waals surface area (Å²) < 4.78 is 0. The van der Waals surface area contributed by atoms with Crippen LogP contribution < -0.4 is 0 Å². The van der Waals surface area contributed by atoms with Gasteiger partial charge in [0.05, 0.1) is 6.10 Å². The van der Waals surface area contributed by atoms with E-state index in [1.807, 2.05) is 4.90 Å². The highest BCUT2D eigenvalue weighted by atomic mass is 35.5. The number of hydrogen-bond donors (Lipinski definition) is 1. The van der Waals surface area contributed by atoms with Crippen molar-refractivity contribution in [3.05, 3.63) is 0 Å². The molecular weight excluding hydrogens is 214 g/mol. The molecule has 1 N–H and O–H groups in total. The van der Waals surface area contributed by atoms with Gasteiger partial charge in [0.15, 0.2) is 0 Å². The predicted octanol–water partition coefficient (Wildman–Crippen LogP) is 1.62. The molecule has 1 rings (SSSR count). The molecular formula is C11H20ClNO2. The van der Waals surface area contributed by atoms with Crippen molar-refractivity contribution in [1.29, 1.82) is 0 Å². The van der Waals surface area contributed by atoms with Crippen LogP contribution in [0.25, 0.3) is 0 Å². The molecule has 1 fully saturated rings. The van der Waals surface area contributed by atoms with Gasteiger partial charge in [0.1, 0.15) is 0 Å². The zero-order valence-corrected chi connectivity index (χ0v) is 10.0. The molecule has 2 unspecified atom stereocenters. The Kier molecular flexibility index (Phi) is 5.40. The Morgan fingerprint density at radius 1 is 1.60 bits per heavy atom. The van der Waals surface area contributed by atoms with Crippen molar-refractivity contribution < 1.29 is 9.90 Å². The molecule has 4 heteroatoms. The molecule has 88 valence electrons. The van der Waals surface area contributed by atoms with E-state index in [1.54, 1.807) is 6.92 Å². The lowest BCUT2D eigenvalue weighted by Gasteiger charge is -2.17. The van der Waals surface area contributed by atoms with E-state index in [2.05, 4.69) is 0 Å². The van der Waals surface area contributed by atoms with E-state index in [4.69, 9.17) is 11.6 Å². The van der Waals surface area contributed by atoms with E-state index in [1.165, 1.54) is 0 Å². The van der Waals surface area contributed by atoms with Gasteiger partial charge < -0.3 is 10.0 Å². The molecule has 1 aliphatic rings. The average Bonchev–Trinajstić information content (AvgIpc) is 2.66. The number of alkyl halides is 1. The minimum absolute atomic E-state index is 0.211. The van der Waals surface area contributed by atoms with Crippen LogP contribution >= 0.6 is 11.6 Å². The van der Waals surface area contributed by atoms with Crippen molar-refractivity contribution in [3.63, 3.8) is 0 Å². The Morgan fingerprint density at radius 3 is 2.87 bits per heavy atom. The maximum Gasteiger partial charge on any atom is 0.222 e. The number of halogens is 1. The topological polar surface area (TPSA) is 40.5 Å². The zero-order valence-electron chi connectivity index (χ0n) is 9.29. The van der Waals surface area contributed by atoms with E-state index in [9.17, 15) is 9.90 Å². The van der Waals surface area contributed by atoms with Gasteiger partial charge in [0.25, 0.3) is 0 Å². The second kappa shape index (κ2) is 6.33. The molecule has 1 saturated heterocycles. The van der Waals surface area contributed by atoms with Crippen LogP contribution in [0.15, 0.2) is 0 Å². The summed E-state index contributed by atoms with van der Waals surface area (Å²) in [5, 5.41) is 9.41. The molecule has 3 nitrogen and oxygen atoms in total. The third-order valence-corrected chi connectivity index (χ3v) is 3.30. The molecule has 1 amide bonds. The molecule has 0 aromatic carbocycles. The molecule has 0 aromatic heterocycles. The molecule has 1 heterocycles. The fourth-order valence-electron chi connectivity index (χ4n) is 1.94. The lowest BCUT2D eigenvalue weighted by Crippen LogP contribution is -2.30. The Hall–Kier alpha value is -0.280. The van der Waals surface area contributed by atoms with Crippen LogP contribution in [0.4, 0.5) is 0 Å². The van der Waals surface area contributed by atoms with Gasteiger partial charge in [-0.1, -0.05) is 0 Å². The van der Waals surface area contributed by atoms with Crippen molar-refractivity contribution in [2.75, 3.05) is 19.0 Å². The van der Waals surface area contributed by atoms with Crippen molar-refractivity contribution in [3.8, 4) is 0 Å². The molecule has 0 bridgehead atoms. The van der Waals surface area contributed by atoms with Crippen LogP contribution in [0.1, 0.15) is 32.6 Å². The van der Waals surface area contributed by atoms with Crippen LogP contribution in [0.3, 0.4) is 0 Å². The van der Waals surface area contributed by atoms with E-state index >= 15 is 0 Å². The molecule has 0 aliphatic carbocycles. The Balaban J connectivity index is 2.24. The van der Waals surface area contributed by atoms with E-state index in [-0.39, 0.29) is 17.9 Å². The van der Waals surface area contributed by atoms with E-state index in [0.717, 1.165) is 32.4 Å². The monoisotopic (exact) mass is 233 g/mol. The smallest absolute Gasteiger partial charge is 0.222 e. The van der Waals surface area contributed by atoms with Gasteiger partial charge in [-0.3, -0.25) is 4.79 Å². The third kappa shape index (κ3) is 3.99. The van der Waals surface area contributed by atoms with Gasteiger partial charge in [0, 0.05) is 31.3 Å². The summed E-state index contributed by atoms with van der Waals surface area (Å²) in [6.07, 6.45) is 3.00. The van der Waals surface area contributed by atoms with E-state index in [0.29, 0.717) is 12.3 Å².